The number of sulfonamides is 1. The van der Waals surface area contributed by atoms with Gasteiger partial charge in [0.25, 0.3) is 0 Å². The molecule has 0 saturated carbocycles. The molecule has 0 unspecified atom stereocenters. The van der Waals surface area contributed by atoms with E-state index in [9.17, 15) is 17.6 Å². The van der Waals surface area contributed by atoms with Crippen LogP contribution in [0.15, 0.2) is 59.5 Å². The van der Waals surface area contributed by atoms with Gasteiger partial charge in [0.05, 0.1) is 6.04 Å². The molecule has 29 heavy (non-hydrogen) atoms. The number of benzene rings is 2. The van der Waals surface area contributed by atoms with E-state index in [0.717, 1.165) is 11.6 Å². The predicted molar refractivity (Wildman–Crippen MR) is 109 cm³/mol. The van der Waals surface area contributed by atoms with Crippen LogP contribution in [0.2, 0.25) is 0 Å². The summed E-state index contributed by atoms with van der Waals surface area (Å²) >= 11 is 0. The Morgan fingerprint density at radius 1 is 1.03 bits per heavy atom. The molecule has 0 spiro atoms. The van der Waals surface area contributed by atoms with Crippen LogP contribution in [0.3, 0.4) is 0 Å². The lowest BCUT2D eigenvalue weighted by atomic mass is 10.2. The van der Waals surface area contributed by atoms with E-state index < -0.39 is 15.8 Å². The van der Waals surface area contributed by atoms with E-state index in [-0.39, 0.29) is 29.9 Å². The molecule has 3 rings (SSSR count). The average Bonchev–Trinajstić information content (AvgIpc) is 2.73. The zero-order chi connectivity index (χ0) is 21.0. The maximum Gasteiger partial charge on any atom is 0.246 e. The van der Waals surface area contributed by atoms with Gasteiger partial charge in [0.2, 0.25) is 15.9 Å². The van der Waals surface area contributed by atoms with E-state index in [1.807, 2.05) is 42.2 Å². The number of piperazine rings is 1. The molecule has 0 radical (unpaired) electrons. The molecule has 0 aliphatic carbocycles. The molecule has 2 aromatic rings. The third kappa shape index (κ3) is 4.83. The highest BCUT2D eigenvalue weighted by molar-refractivity contribution is 7.89. The molecule has 0 N–H and O–H groups in total. The molecule has 1 aliphatic heterocycles. The van der Waals surface area contributed by atoms with Gasteiger partial charge in [-0.05, 0) is 24.6 Å². The number of carbonyl (C=O) groups is 1. The Labute approximate surface area is 171 Å². The highest BCUT2D eigenvalue weighted by Crippen LogP contribution is 2.21. The van der Waals surface area contributed by atoms with Gasteiger partial charge in [-0.1, -0.05) is 42.5 Å². The van der Waals surface area contributed by atoms with Crippen molar-refractivity contribution < 1.29 is 17.6 Å². The quantitative estimate of drug-likeness (QED) is 0.720. The molecular formula is C21H26FN3O3S. The standard InChI is InChI=1S/C21H26FN3O3S/c1-17(21(26)23(2)16-18-8-4-3-5-9-18)24-12-14-25(15-13-24)29(27,28)20-11-7-6-10-19(20)22/h3-11,17H,12-16H2,1-2H3/t17-/m0/s1. The third-order valence-corrected chi connectivity index (χ3v) is 7.20. The highest BCUT2D eigenvalue weighted by atomic mass is 32.2. The van der Waals surface area contributed by atoms with E-state index in [1.165, 1.54) is 22.5 Å². The van der Waals surface area contributed by atoms with Gasteiger partial charge in [0.1, 0.15) is 10.7 Å². The molecule has 0 bridgehead atoms. The van der Waals surface area contributed by atoms with Crippen molar-refractivity contribution in [3.63, 3.8) is 0 Å². The van der Waals surface area contributed by atoms with E-state index in [4.69, 9.17) is 0 Å². The van der Waals surface area contributed by atoms with Gasteiger partial charge >= 0.3 is 0 Å². The second-order valence-corrected chi connectivity index (χ2v) is 9.13. The number of halogens is 1. The third-order valence-electron chi connectivity index (χ3n) is 5.27. The predicted octanol–water partition coefficient (Wildman–Crippen LogP) is 2.18. The van der Waals surface area contributed by atoms with Crippen LogP contribution in [0.1, 0.15) is 12.5 Å². The molecule has 1 heterocycles. The zero-order valence-corrected chi connectivity index (χ0v) is 17.5. The molecule has 0 aromatic heterocycles. The number of carbonyl (C=O) groups excluding carboxylic acids is 1. The summed E-state index contributed by atoms with van der Waals surface area (Å²) in [6.45, 7) is 3.63. The fraction of sp³-hybridized carbons (Fsp3) is 0.381. The Kier molecular flexibility index (Phi) is 6.66. The Hall–Kier alpha value is -2.29. The maximum atomic E-state index is 14.0. The maximum absolute atomic E-state index is 14.0. The molecule has 1 saturated heterocycles. The summed E-state index contributed by atoms with van der Waals surface area (Å²) in [5.74, 6) is -0.764. The number of nitrogens with zero attached hydrogens (tertiary/aromatic N) is 3. The first kappa shape index (κ1) is 21.4. The number of amides is 1. The van der Waals surface area contributed by atoms with Gasteiger partial charge < -0.3 is 4.90 Å². The molecule has 1 aliphatic rings. The smallest absolute Gasteiger partial charge is 0.246 e. The topological polar surface area (TPSA) is 60.9 Å². The minimum absolute atomic E-state index is 0.0146. The number of hydrogen-bond donors (Lipinski definition) is 0. The van der Waals surface area contributed by atoms with Crippen molar-refractivity contribution >= 4 is 15.9 Å². The molecule has 2 aromatic carbocycles. The van der Waals surface area contributed by atoms with Crippen molar-refractivity contribution in [2.24, 2.45) is 0 Å². The molecular weight excluding hydrogens is 393 g/mol. The molecule has 156 valence electrons. The summed E-state index contributed by atoms with van der Waals surface area (Å²) in [7, 11) is -2.11. The lowest BCUT2D eigenvalue weighted by Crippen LogP contribution is -2.55. The summed E-state index contributed by atoms with van der Waals surface area (Å²) < 4.78 is 40.7. The minimum atomic E-state index is -3.88. The summed E-state index contributed by atoms with van der Waals surface area (Å²) in [6, 6.07) is 14.8. The monoisotopic (exact) mass is 419 g/mol. The minimum Gasteiger partial charge on any atom is -0.340 e. The van der Waals surface area contributed by atoms with Crippen molar-refractivity contribution in [2.45, 2.75) is 24.4 Å². The zero-order valence-electron chi connectivity index (χ0n) is 16.7. The summed E-state index contributed by atoms with van der Waals surface area (Å²) in [6.07, 6.45) is 0. The molecule has 1 atom stereocenters. The Morgan fingerprint density at radius 3 is 2.24 bits per heavy atom. The van der Waals surface area contributed by atoms with E-state index in [0.29, 0.717) is 19.6 Å². The van der Waals surface area contributed by atoms with Crippen LogP contribution in [0.5, 0.6) is 0 Å². The first-order valence-corrected chi connectivity index (χ1v) is 11.0. The van der Waals surface area contributed by atoms with E-state index in [1.54, 1.807) is 11.9 Å². The number of rotatable bonds is 6. The second-order valence-electron chi connectivity index (χ2n) is 7.23. The highest BCUT2D eigenvalue weighted by Gasteiger charge is 2.33. The number of likely N-dealkylation sites (N-methyl/N-ethyl adjacent to an activating group) is 1. The first-order valence-electron chi connectivity index (χ1n) is 9.58. The molecule has 1 fully saturated rings. The lowest BCUT2D eigenvalue weighted by molar-refractivity contribution is -0.136. The van der Waals surface area contributed by atoms with Crippen LogP contribution in [0, 0.1) is 5.82 Å². The Bertz CT molecular complexity index is 945. The van der Waals surface area contributed by atoms with Crippen LogP contribution < -0.4 is 0 Å². The molecule has 6 nitrogen and oxygen atoms in total. The Balaban J connectivity index is 1.60. The molecule has 8 heteroatoms. The van der Waals surface area contributed by atoms with Gasteiger partial charge in [0, 0.05) is 39.8 Å². The van der Waals surface area contributed by atoms with Gasteiger partial charge in [-0.25, -0.2) is 12.8 Å². The van der Waals surface area contributed by atoms with Crippen LogP contribution in [0.4, 0.5) is 4.39 Å². The van der Waals surface area contributed by atoms with Crippen molar-refractivity contribution in [2.75, 3.05) is 33.2 Å². The van der Waals surface area contributed by atoms with Gasteiger partial charge in [-0.2, -0.15) is 4.31 Å². The second kappa shape index (κ2) is 9.02. The van der Waals surface area contributed by atoms with Crippen molar-refractivity contribution in [1.82, 2.24) is 14.1 Å². The van der Waals surface area contributed by atoms with Crippen molar-refractivity contribution in [3.8, 4) is 0 Å². The van der Waals surface area contributed by atoms with Crippen LogP contribution >= 0.6 is 0 Å². The summed E-state index contributed by atoms with van der Waals surface area (Å²) in [5, 5.41) is 0. The van der Waals surface area contributed by atoms with E-state index in [2.05, 4.69) is 0 Å². The van der Waals surface area contributed by atoms with Gasteiger partial charge in [0.15, 0.2) is 0 Å². The fourth-order valence-electron chi connectivity index (χ4n) is 3.53. The lowest BCUT2D eigenvalue weighted by Gasteiger charge is -2.37. The van der Waals surface area contributed by atoms with E-state index >= 15 is 0 Å². The molecule has 1 amide bonds. The normalized spacial score (nSPS) is 17.1. The van der Waals surface area contributed by atoms with Crippen molar-refractivity contribution in [1.29, 1.82) is 0 Å². The number of hydrogen-bond acceptors (Lipinski definition) is 4. The SMILES string of the molecule is C[C@@H](C(=O)N(C)Cc1ccccc1)N1CCN(S(=O)(=O)c2ccccc2F)CC1. The van der Waals surface area contributed by atoms with Crippen LogP contribution in [-0.2, 0) is 21.4 Å². The van der Waals surface area contributed by atoms with Crippen LogP contribution in [-0.4, -0.2) is 67.7 Å². The largest absolute Gasteiger partial charge is 0.340 e. The summed E-state index contributed by atoms with van der Waals surface area (Å²) in [4.78, 5) is 16.1. The van der Waals surface area contributed by atoms with Crippen LogP contribution in [0.25, 0.3) is 0 Å². The van der Waals surface area contributed by atoms with Gasteiger partial charge in [-0.3, -0.25) is 9.69 Å². The van der Waals surface area contributed by atoms with Gasteiger partial charge in [-0.15, -0.1) is 0 Å². The Morgan fingerprint density at radius 2 is 1.62 bits per heavy atom. The fourth-order valence-corrected chi connectivity index (χ4v) is 5.02. The van der Waals surface area contributed by atoms with Crippen molar-refractivity contribution in [3.05, 3.63) is 66.0 Å². The first-order chi connectivity index (χ1) is 13.8. The summed E-state index contributed by atoms with van der Waals surface area (Å²) in [5.41, 5.74) is 1.05. The average molecular weight is 420 g/mol.